The Morgan fingerprint density at radius 1 is 1.10 bits per heavy atom. The number of aryl methyl sites for hydroxylation is 1. The minimum Gasteiger partial charge on any atom is -0.493 e. The molecule has 1 aliphatic heterocycles. The van der Waals surface area contributed by atoms with Gasteiger partial charge in [0.25, 0.3) is 0 Å². The SMILES string of the molecule is OC(c1ccc(Br)cc1Br)c1cccc2c1OCCC2. The summed E-state index contributed by atoms with van der Waals surface area (Å²) in [7, 11) is 0. The van der Waals surface area contributed by atoms with E-state index < -0.39 is 6.10 Å². The van der Waals surface area contributed by atoms with Gasteiger partial charge in [-0.25, -0.2) is 0 Å². The Morgan fingerprint density at radius 2 is 1.95 bits per heavy atom. The van der Waals surface area contributed by atoms with E-state index in [1.165, 1.54) is 5.56 Å². The molecule has 20 heavy (non-hydrogen) atoms. The average Bonchev–Trinajstić information content (AvgIpc) is 2.46. The molecule has 0 saturated heterocycles. The van der Waals surface area contributed by atoms with E-state index >= 15 is 0 Å². The van der Waals surface area contributed by atoms with Crippen molar-refractivity contribution in [1.29, 1.82) is 0 Å². The second kappa shape index (κ2) is 5.88. The highest BCUT2D eigenvalue weighted by Crippen LogP contribution is 2.38. The lowest BCUT2D eigenvalue weighted by molar-refractivity contribution is 0.206. The molecule has 0 radical (unpaired) electrons. The first-order valence-corrected chi connectivity index (χ1v) is 8.13. The molecule has 1 heterocycles. The van der Waals surface area contributed by atoms with Crippen LogP contribution in [0.15, 0.2) is 45.3 Å². The fraction of sp³-hybridized carbons (Fsp3) is 0.250. The Hall–Kier alpha value is -0.840. The van der Waals surface area contributed by atoms with Crippen molar-refractivity contribution in [3.05, 3.63) is 62.0 Å². The van der Waals surface area contributed by atoms with E-state index in [4.69, 9.17) is 4.74 Å². The van der Waals surface area contributed by atoms with Crippen molar-refractivity contribution in [3.8, 4) is 5.75 Å². The number of aliphatic hydroxyl groups excluding tert-OH is 1. The van der Waals surface area contributed by atoms with Crippen LogP contribution in [-0.4, -0.2) is 11.7 Å². The van der Waals surface area contributed by atoms with Crippen LogP contribution in [0.4, 0.5) is 0 Å². The highest BCUT2D eigenvalue weighted by molar-refractivity contribution is 9.11. The molecule has 0 aromatic heterocycles. The number of aliphatic hydroxyl groups is 1. The molecular formula is C16H14Br2O2. The number of ether oxygens (including phenoxy) is 1. The second-order valence-electron chi connectivity index (χ2n) is 4.86. The van der Waals surface area contributed by atoms with Crippen LogP contribution in [-0.2, 0) is 6.42 Å². The Balaban J connectivity index is 2.04. The van der Waals surface area contributed by atoms with Gasteiger partial charge < -0.3 is 9.84 Å². The molecule has 0 fully saturated rings. The molecule has 0 spiro atoms. The van der Waals surface area contributed by atoms with Gasteiger partial charge >= 0.3 is 0 Å². The first-order chi connectivity index (χ1) is 9.66. The maximum absolute atomic E-state index is 10.7. The third kappa shape index (κ3) is 2.65. The van der Waals surface area contributed by atoms with Crippen molar-refractivity contribution < 1.29 is 9.84 Å². The Morgan fingerprint density at radius 3 is 2.75 bits per heavy atom. The molecule has 1 atom stereocenters. The van der Waals surface area contributed by atoms with Crippen LogP contribution in [0.25, 0.3) is 0 Å². The maximum atomic E-state index is 10.7. The van der Waals surface area contributed by atoms with Gasteiger partial charge in [-0.1, -0.05) is 56.1 Å². The van der Waals surface area contributed by atoms with Gasteiger partial charge in [0.2, 0.25) is 0 Å². The molecule has 2 aromatic carbocycles. The monoisotopic (exact) mass is 396 g/mol. The number of fused-ring (bicyclic) bond motifs is 1. The molecule has 2 aromatic rings. The molecule has 0 saturated carbocycles. The summed E-state index contributed by atoms with van der Waals surface area (Å²) in [5.41, 5.74) is 2.86. The maximum Gasteiger partial charge on any atom is 0.128 e. The summed E-state index contributed by atoms with van der Waals surface area (Å²) >= 11 is 6.94. The molecular weight excluding hydrogens is 384 g/mol. The smallest absolute Gasteiger partial charge is 0.128 e. The summed E-state index contributed by atoms with van der Waals surface area (Å²) in [4.78, 5) is 0. The third-order valence-corrected chi connectivity index (χ3v) is 4.70. The molecule has 3 rings (SSSR count). The number of rotatable bonds is 2. The summed E-state index contributed by atoms with van der Waals surface area (Å²) < 4.78 is 7.64. The van der Waals surface area contributed by atoms with Crippen LogP contribution < -0.4 is 4.74 Å². The molecule has 1 aliphatic rings. The van der Waals surface area contributed by atoms with E-state index in [2.05, 4.69) is 37.9 Å². The van der Waals surface area contributed by atoms with Gasteiger partial charge in [-0.2, -0.15) is 0 Å². The van der Waals surface area contributed by atoms with Crippen LogP contribution in [0.5, 0.6) is 5.75 Å². The molecule has 0 amide bonds. The highest BCUT2D eigenvalue weighted by Gasteiger charge is 2.22. The minimum absolute atomic E-state index is 0.689. The number of benzene rings is 2. The fourth-order valence-corrected chi connectivity index (χ4v) is 3.78. The summed E-state index contributed by atoms with van der Waals surface area (Å²) in [5, 5.41) is 10.7. The van der Waals surface area contributed by atoms with E-state index in [1.54, 1.807) is 0 Å². The molecule has 0 aliphatic carbocycles. The van der Waals surface area contributed by atoms with Crippen molar-refractivity contribution in [2.75, 3.05) is 6.61 Å². The van der Waals surface area contributed by atoms with E-state index in [-0.39, 0.29) is 0 Å². The van der Waals surface area contributed by atoms with Gasteiger partial charge in [0.1, 0.15) is 11.9 Å². The largest absolute Gasteiger partial charge is 0.493 e. The zero-order valence-corrected chi connectivity index (χ0v) is 13.9. The number of hydrogen-bond donors (Lipinski definition) is 1. The fourth-order valence-electron chi connectivity index (χ4n) is 2.52. The first kappa shape index (κ1) is 14.1. The second-order valence-corrected chi connectivity index (χ2v) is 6.63. The Bertz CT molecular complexity index is 640. The first-order valence-electron chi connectivity index (χ1n) is 6.54. The lowest BCUT2D eigenvalue weighted by Crippen LogP contribution is -2.12. The van der Waals surface area contributed by atoms with Crippen molar-refractivity contribution in [1.82, 2.24) is 0 Å². The number of para-hydroxylation sites is 1. The van der Waals surface area contributed by atoms with Crippen LogP contribution in [0, 0.1) is 0 Å². The van der Waals surface area contributed by atoms with Gasteiger partial charge in [0, 0.05) is 14.5 Å². The van der Waals surface area contributed by atoms with Gasteiger partial charge in [-0.3, -0.25) is 0 Å². The lowest BCUT2D eigenvalue weighted by atomic mass is 9.96. The van der Waals surface area contributed by atoms with E-state index in [0.29, 0.717) is 0 Å². The van der Waals surface area contributed by atoms with Crippen molar-refractivity contribution in [2.24, 2.45) is 0 Å². The minimum atomic E-state index is -0.689. The van der Waals surface area contributed by atoms with Gasteiger partial charge in [-0.15, -0.1) is 0 Å². The summed E-state index contributed by atoms with van der Waals surface area (Å²) in [6, 6.07) is 11.8. The van der Waals surface area contributed by atoms with Crippen LogP contribution >= 0.6 is 31.9 Å². The number of halogens is 2. The van der Waals surface area contributed by atoms with Crippen molar-refractivity contribution >= 4 is 31.9 Å². The molecule has 2 nitrogen and oxygen atoms in total. The van der Waals surface area contributed by atoms with Crippen LogP contribution in [0.2, 0.25) is 0 Å². The zero-order chi connectivity index (χ0) is 14.1. The topological polar surface area (TPSA) is 29.5 Å². The summed E-state index contributed by atoms with van der Waals surface area (Å²) in [6.45, 7) is 0.720. The predicted molar refractivity (Wildman–Crippen MR) is 86.2 cm³/mol. The molecule has 1 unspecified atom stereocenters. The van der Waals surface area contributed by atoms with E-state index in [1.807, 2.05) is 30.3 Å². The van der Waals surface area contributed by atoms with Gasteiger partial charge in [0.05, 0.1) is 6.61 Å². The Kier molecular flexibility index (Phi) is 4.15. The van der Waals surface area contributed by atoms with E-state index in [0.717, 1.165) is 45.3 Å². The Labute approximate surface area is 135 Å². The van der Waals surface area contributed by atoms with Crippen molar-refractivity contribution in [2.45, 2.75) is 18.9 Å². The molecule has 4 heteroatoms. The van der Waals surface area contributed by atoms with Crippen molar-refractivity contribution in [3.63, 3.8) is 0 Å². The average molecular weight is 398 g/mol. The quantitative estimate of drug-likeness (QED) is 0.801. The van der Waals surface area contributed by atoms with Crippen LogP contribution in [0.3, 0.4) is 0 Å². The predicted octanol–water partition coefficient (Wildman–Crippen LogP) is 4.62. The van der Waals surface area contributed by atoms with Gasteiger partial charge in [-0.05, 0) is 36.1 Å². The van der Waals surface area contributed by atoms with Crippen LogP contribution in [0.1, 0.15) is 29.2 Å². The lowest BCUT2D eigenvalue weighted by Gasteiger charge is -2.23. The van der Waals surface area contributed by atoms with Gasteiger partial charge in [0.15, 0.2) is 0 Å². The van der Waals surface area contributed by atoms with E-state index in [9.17, 15) is 5.11 Å². The number of hydrogen-bond acceptors (Lipinski definition) is 2. The summed E-state index contributed by atoms with van der Waals surface area (Å²) in [6.07, 6.45) is 1.36. The third-order valence-electron chi connectivity index (χ3n) is 3.52. The molecule has 1 N–H and O–H groups in total. The molecule has 0 bridgehead atoms. The highest BCUT2D eigenvalue weighted by atomic mass is 79.9. The summed E-state index contributed by atoms with van der Waals surface area (Å²) in [5.74, 6) is 0.848. The standard InChI is InChI=1S/C16H14Br2O2/c17-11-6-7-12(14(18)9-11)15(19)13-5-1-3-10-4-2-8-20-16(10)13/h1,3,5-7,9,15,19H,2,4,8H2. The normalized spacial score (nSPS) is 15.3. The molecule has 104 valence electrons. The zero-order valence-electron chi connectivity index (χ0n) is 10.8.